The number of nitrogens with zero attached hydrogens (tertiary/aromatic N) is 3. The van der Waals surface area contributed by atoms with Crippen molar-refractivity contribution in [1.29, 1.82) is 5.26 Å². The molecular formula is C27H20BrN3O3. The Labute approximate surface area is 205 Å². The van der Waals surface area contributed by atoms with Crippen LogP contribution in [0.2, 0.25) is 0 Å². The van der Waals surface area contributed by atoms with Gasteiger partial charge in [-0.15, -0.1) is 0 Å². The molecule has 0 saturated heterocycles. The molecule has 0 unspecified atom stereocenters. The Morgan fingerprint density at radius 3 is 2.62 bits per heavy atom. The second kappa shape index (κ2) is 8.23. The number of ketones is 1. The van der Waals surface area contributed by atoms with Crippen molar-refractivity contribution in [3.63, 3.8) is 0 Å². The Balaban J connectivity index is 1.65. The molecule has 0 saturated carbocycles. The Morgan fingerprint density at radius 2 is 1.82 bits per heavy atom. The van der Waals surface area contributed by atoms with Gasteiger partial charge in [0, 0.05) is 40.2 Å². The molecule has 7 heteroatoms. The molecule has 1 atom stereocenters. The van der Waals surface area contributed by atoms with E-state index in [4.69, 9.17) is 9.47 Å². The van der Waals surface area contributed by atoms with Gasteiger partial charge >= 0.3 is 0 Å². The average molecular weight is 514 g/mol. The van der Waals surface area contributed by atoms with Crippen molar-refractivity contribution in [1.82, 2.24) is 4.57 Å². The number of carbonyl (C=O) groups excluding carboxylic acids is 1. The number of fused-ring (bicyclic) bond motifs is 1. The highest BCUT2D eigenvalue weighted by Crippen LogP contribution is 2.50. The zero-order chi connectivity index (χ0) is 23.2. The summed E-state index contributed by atoms with van der Waals surface area (Å²) < 4.78 is 14.0. The van der Waals surface area contributed by atoms with Gasteiger partial charge < -0.3 is 14.0 Å². The molecule has 3 heterocycles. The summed E-state index contributed by atoms with van der Waals surface area (Å²) in [6, 6.07) is 20.0. The molecule has 0 fully saturated rings. The van der Waals surface area contributed by atoms with Crippen LogP contribution in [0.3, 0.4) is 0 Å². The zero-order valence-electron chi connectivity index (χ0n) is 18.2. The number of anilines is 1. The molecule has 0 spiro atoms. The smallest absolute Gasteiger partial charge is 0.231 e. The number of carbonyl (C=O) groups is 1. The molecule has 0 amide bonds. The van der Waals surface area contributed by atoms with E-state index in [2.05, 4.69) is 26.9 Å². The van der Waals surface area contributed by atoms with Crippen LogP contribution in [-0.4, -0.2) is 17.1 Å². The molecule has 34 heavy (non-hydrogen) atoms. The minimum Gasteiger partial charge on any atom is -0.454 e. The van der Waals surface area contributed by atoms with Crippen molar-refractivity contribution in [3.05, 3.63) is 93.9 Å². The molecule has 168 valence electrons. The van der Waals surface area contributed by atoms with Gasteiger partial charge in [-0.05, 0) is 60.9 Å². The zero-order valence-corrected chi connectivity index (χ0v) is 19.8. The number of ether oxygens (including phenoxy) is 2. The van der Waals surface area contributed by atoms with Crippen LogP contribution in [0.4, 0.5) is 5.69 Å². The standard InChI is InChI=1S/C27H20BrN3O3/c28-18-5-3-6-19(14-18)31-21-7-4-8-22(32)26(21)25(17-9-10-23-24(13-17)34-16-33-23)20(15-29)27(31)30-11-1-2-12-30/h1-3,5-6,9-14,25H,4,7-8,16H2/t25-/m0/s1. The van der Waals surface area contributed by atoms with E-state index in [1.165, 1.54) is 0 Å². The third-order valence-electron chi connectivity index (χ3n) is 6.49. The molecule has 3 aromatic rings. The SMILES string of the molecule is N#CC1=C(n2cccc2)N(c2cccc(Br)c2)C2=C(C(=O)CCC2)[C@H]1c1ccc2c(c1)OCO2. The van der Waals surface area contributed by atoms with Crippen LogP contribution >= 0.6 is 15.9 Å². The summed E-state index contributed by atoms with van der Waals surface area (Å²) >= 11 is 3.58. The Morgan fingerprint density at radius 1 is 1.00 bits per heavy atom. The molecule has 0 bridgehead atoms. The molecule has 2 aliphatic heterocycles. The third kappa shape index (κ3) is 3.25. The van der Waals surface area contributed by atoms with Gasteiger partial charge in [0.25, 0.3) is 0 Å². The van der Waals surface area contributed by atoms with E-state index in [0.29, 0.717) is 29.1 Å². The first-order valence-corrected chi connectivity index (χ1v) is 11.9. The normalized spacial score (nSPS) is 19.4. The minimum absolute atomic E-state index is 0.0863. The Bertz CT molecular complexity index is 1420. The van der Waals surface area contributed by atoms with Gasteiger partial charge in [-0.2, -0.15) is 5.26 Å². The summed E-state index contributed by atoms with van der Waals surface area (Å²) in [7, 11) is 0. The third-order valence-corrected chi connectivity index (χ3v) is 6.99. The molecule has 3 aliphatic rings. The maximum Gasteiger partial charge on any atom is 0.231 e. The van der Waals surface area contributed by atoms with Crippen LogP contribution in [-0.2, 0) is 4.79 Å². The number of Topliss-reactive ketones (excluding diaryl/α,β-unsaturated/α-hetero) is 1. The summed E-state index contributed by atoms with van der Waals surface area (Å²) in [4.78, 5) is 15.5. The lowest BCUT2D eigenvalue weighted by Crippen LogP contribution is -2.36. The van der Waals surface area contributed by atoms with Crippen molar-refractivity contribution >= 4 is 33.2 Å². The fourth-order valence-electron chi connectivity index (χ4n) is 5.09. The van der Waals surface area contributed by atoms with Crippen molar-refractivity contribution in [2.75, 3.05) is 11.7 Å². The van der Waals surface area contributed by atoms with Crippen molar-refractivity contribution in [2.45, 2.75) is 25.2 Å². The van der Waals surface area contributed by atoms with Crippen LogP contribution in [0, 0.1) is 11.3 Å². The van der Waals surface area contributed by atoms with Crippen LogP contribution in [0.1, 0.15) is 30.7 Å². The number of hydrogen-bond acceptors (Lipinski definition) is 5. The van der Waals surface area contributed by atoms with E-state index in [9.17, 15) is 10.1 Å². The van der Waals surface area contributed by atoms with E-state index >= 15 is 0 Å². The number of nitriles is 1. The predicted molar refractivity (Wildman–Crippen MR) is 131 cm³/mol. The quantitative estimate of drug-likeness (QED) is 0.430. The Kier molecular flexibility index (Phi) is 5.04. The maximum atomic E-state index is 13.5. The van der Waals surface area contributed by atoms with Crippen LogP contribution in [0.25, 0.3) is 5.82 Å². The fraction of sp³-hybridized carbons (Fsp3) is 0.185. The number of aromatic nitrogens is 1. The summed E-state index contributed by atoms with van der Waals surface area (Å²) in [6.07, 6.45) is 5.87. The number of rotatable bonds is 3. The summed E-state index contributed by atoms with van der Waals surface area (Å²) in [6.45, 7) is 0.169. The first kappa shape index (κ1) is 20.8. The fourth-order valence-corrected chi connectivity index (χ4v) is 5.48. The van der Waals surface area contributed by atoms with E-state index in [1.54, 1.807) is 0 Å². The van der Waals surface area contributed by atoms with Crippen molar-refractivity contribution < 1.29 is 14.3 Å². The molecule has 6 rings (SSSR count). The number of halogens is 1. The largest absolute Gasteiger partial charge is 0.454 e. The Hall–Kier alpha value is -3.76. The van der Waals surface area contributed by atoms with Crippen LogP contribution in [0.5, 0.6) is 11.5 Å². The van der Waals surface area contributed by atoms with Crippen molar-refractivity contribution in [2.24, 2.45) is 0 Å². The summed E-state index contributed by atoms with van der Waals surface area (Å²) in [5.74, 6) is 1.65. The van der Waals surface area contributed by atoms with Gasteiger partial charge in [0.1, 0.15) is 5.82 Å². The number of allylic oxidation sites excluding steroid dienone is 3. The second-order valence-electron chi connectivity index (χ2n) is 8.44. The van der Waals surface area contributed by atoms with Gasteiger partial charge in [-0.1, -0.05) is 28.1 Å². The molecule has 2 aromatic carbocycles. The molecule has 0 radical (unpaired) electrons. The summed E-state index contributed by atoms with van der Waals surface area (Å²) in [5, 5.41) is 10.5. The van der Waals surface area contributed by atoms with Gasteiger partial charge in [-0.25, -0.2) is 0 Å². The average Bonchev–Trinajstić information content (AvgIpc) is 3.54. The monoisotopic (exact) mass is 513 g/mol. The maximum absolute atomic E-state index is 13.5. The van der Waals surface area contributed by atoms with Crippen molar-refractivity contribution in [3.8, 4) is 17.6 Å². The number of hydrogen-bond donors (Lipinski definition) is 0. The van der Waals surface area contributed by atoms with Gasteiger partial charge in [0.15, 0.2) is 17.3 Å². The first-order chi connectivity index (χ1) is 16.7. The number of benzene rings is 2. The molecule has 1 aliphatic carbocycles. The van der Waals surface area contributed by atoms with Gasteiger partial charge in [0.2, 0.25) is 6.79 Å². The molecule has 0 N–H and O–H groups in total. The topological polar surface area (TPSA) is 67.5 Å². The molecule has 1 aromatic heterocycles. The lowest BCUT2D eigenvalue weighted by Gasteiger charge is -2.41. The van der Waals surface area contributed by atoms with E-state index in [-0.39, 0.29) is 12.6 Å². The molecular weight excluding hydrogens is 494 g/mol. The summed E-state index contributed by atoms with van der Waals surface area (Å²) in [5.41, 5.74) is 3.90. The second-order valence-corrected chi connectivity index (χ2v) is 9.35. The van der Waals surface area contributed by atoms with Gasteiger partial charge in [0.05, 0.1) is 17.6 Å². The highest BCUT2D eigenvalue weighted by atomic mass is 79.9. The highest BCUT2D eigenvalue weighted by Gasteiger charge is 2.42. The lowest BCUT2D eigenvalue weighted by molar-refractivity contribution is -0.116. The lowest BCUT2D eigenvalue weighted by atomic mass is 9.75. The first-order valence-electron chi connectivity index (χ1n) is 11.1. The van der Waals surface area contributed by atoms with E-state index in [0.717, 1.165) is 40.1 Å². The van der Waals surface area contributed by atoms with Crippen LogP contribution < -0.4 is 14.4 Å². The van der Waals surface area contributed by atoms with Crippen LogP contribution in [0.15, 0.2) is 88.3 Å². The van der Waals surface area contributed by atoms with E-state index < -0.39 is 5.92 Å². The van der Waals surface area contributed by atoms with E-state index in [1.807, 2.05) is 71.6 Å². The predicted octanol–water partition coefficient (Wildman–Crippen LogP) is 5.98. The minimum atomic E-state index is -0.483. The highest BCUT2D eigenvalue weighted by molar-refractivity contribution is 9.10. The van der Waals surface area contributed by atoms with Gasteiger partial charge in [-0.3, -0.25) is 9.69 Å². The molecule has 6 nitrogen and oxygen atoms in total.